The van der Waals surface area contributed by atoms with Gasteiger partial charge in [0.25, 0.3) is 5.91 Å². The number of carbonyl (C=O) groups is 3. The minimum atomic E-state index is -0.836. The number of nitrogens with one attached hydrogen (secondary N) is 2. The lowest BCUT2D eigenvalue weighted by molar-refractivity contribution is -0.136. The van der Waals surface area contributed by atoms with Gasteiger partial charge in [-0.25, -0.2) is 4.79 Å². The molecule has 1 saturated heterocycles. The Morgan fingerprint density at radius 3 is 2.55 bits per heavy atom. The molecule has 0 radical (unpaired) electrons. The first-order valence-electron chi connectivity index (χ1n) is 10.6. The van der Waals surface area contributed by atoms with Crippen LogP contribution in [0.25, 0.3) is 0 Å². The van der Waals surface area contributed by atoms with E-state index in [-0.39, 0.29) is 24.3 Å². The van der Waals surface area contributed by atoms with E-state index in [1.54, 1.807) is 0 Å². The summed E-state index contributed by atoms with van der Waals surface area (Å²) in [6, 6.07) is 7.53. The fraction of sp³-hybridized carbons (Fsp3) is 0.591. The lowest BCUT2D eigenvalue weighted by Gasteiger charge is -2.36. The van der Waals surface area contributed by atoms with Gasteiger partial charge in [-0.2, -0.15) is 0 Å². The Bertz CT molecular complexity index is 777. The van der Waals surface area contributed by atoms with E-state index in [2.05, 4.69) is 36.3 Å². The van der Waals surface area contributed by atoms with Crippen LogP contribution < -0.4 is 15.5 Å². The fourth-order valence-electron chi connectivity index (χ4n) is 4.57. The van der Waals surface area contributed by atoms with Gasteiger partial charge in [0, 0.05) is 24.0 Å². The third-order valence-corrected chi connectivity index (χ3v) is 6.25. The topological polar surface area (TPSA) is 81.8 Å². The van der Waals surface area contributed by atoms with Crippen LogP contribution in [0.3, 0.4) is 0 Å². The third kappa shape index (κ3) is 4.09. The Labute approximate surface area is 172 Å². The average molecular weight is 401 g/mol. The maximum atomic E-state index is 13.0. The highest BCUT2D eigenvalue weighted by molar-refractivity contribution is 6.10. The van der Waals surface area contributed by atoms with Crippen LogP contribution in [0.15, 0.2) is 24.3 Å². The van der Waals surface area contributed by atoms with Crippen molar-refractivity contribution >= 4 is 29.2 Å². The van der Waals surface area contributed by atoms with E-state index in [9.17, 15) is 14.4 Å². The second kappa shape index (κ2) is 8.43. The van der Waals surface area contributed by atoms with E-state index >= 15 is 0 Å². The summed E-state index contributed by atoms with van der Waals surface area (Å²) in [5, 5.41) is 5.67. The molecule has 1 heterocycles. The van der Waals surface area contributed by atoms with Gasteiger partial charge in [0.2, 0.25) is 5.91 Å². The first kappa shape index (κ1) is 21.1. The lowest BCUT2D eigenvalue weighted by Crippen LogP contribution is -2.54. The monoisotopic (exact) mass is 400 g/mol. The quantitative estimate of drug-likeness (QED) is 0.718. The van der Waals surface area contributed by atoms with Crippen LogP contribution in [-0.2, 0) is 9.59 Å². The van der Waals surface area contributed by atoms with Crippen molar-refractivity contribution < 1.29 is 14.4 Å². The number of hydrogen-bond donors (Lipinski definition) is 2. The van der Waals surface area contributed by atoms with Gasteiger partial charge in [-0.15, -0.1) is 0 Å². The second-order valence-electron chi connectivity index (χ2n) is 8.41. The molecule has 4 amide bonds. The summed E-state index contributed by atoms with van der Waals surface area (Å²) in [6.07, 6.45) is 3.52. The second-order valence-corrected chi connectivity index (χ2v) is 8.41. The molecule has 29 heavy (non-hydrogen) atoms. The van der Waals surface area contributed by atoms with Crippen molar-refractivity contribution in [2.75, 3.05) is 23.3 Å². The maximum absolute atomic E-state index is 13.0. The molecular formula is C22H32N4O3. The largest absolute Gasteiger partial charge is 0.369 e. The number of anilines is 2. The number of carbonyl (C=O) groups excluding carboxylic acids is 3. The van der Waals surface area contributed by atoms with Crippen molar-refractivity contribution in [1.29, 1.82) is 0 Å². The number of urea groups is 1. The van der Waals surface area contributed by atoms with Crippen LogP contribution in [0.2, 0.25) is 0 Å². The molecule has 0 bridgehead atoms. The molecule has 3 rings (SSSR count). The number of amides is 4. The van der Waals surface area contributed by atoms with Crippen LogP contribution in [0.1, 0.15) is 53.4 Å². The molecule has 1 saturated carbocycles. The summed E-state index contributed by atoms with van der Waals surface area (Å²) in [7, 11) is 0. The highest BCUT2D eigenvalue weighted by Gasteiger charge is 2.55. The summed E-state index contributed by atoms with van der Waals surface area (Å²) in [5.74, 6) is -0.565. The highest BCUT2D eigenvalue weighted by Crippen LogP contribution is 2.38. The zero-order chi connectivity index (χ0) is 21.2. The van der Waals surface area contributed by atoms with Crippen molar-refractivity contribution in [2.45, 2.75) is 65.0 Å². The summed E-state index contributed by atoms with van der Waals surface area (Å²) < 4.78 is 0. The molecule has 1 aliphatic heterocycles. The Hall–Kier alpha value is -2.57. The fourth-order valence-corrected chi connectivity index (χ4v) is 4.57. The number of rotatable bonds is 6. The minimum Gasteiger partial charge on any atom is -0.369 e. The van der Waals surface area contributed by atoms with Crippen LogP contribution in [-0.4, -0.2) is 47.4 Å². The summed E-state index contributed by atoms with van der Waals surface area (Å²) in [5.41, 5.74) is 0.895. The maximum Gasteiger partial charge on any atom is 0.325 e. The van der Waals surface area contributed by atoms with Crippen molar-refractivity contribution in [3.63, 3.8) is 0 Å². The molecule has 2 fully saturated rings. The average Bonchev–Trinajstić information content (AvgIpc) is 2.91. The number of imide groups is 1. The van der Waals surface area contributed by atoms with Crippen LogP contribution in [0.4, 0.5) is 16.2 Å². The van der Waals surface area contributed by atoms with Gasteiger partial charge in [0.15, 0.2) is 0 Å². The molecule has 7 nitrogen and oxygen atoms in total. The molecule has 1 aromatic carbocycles. The van der Waals surface area contributed by atoms with Gasteiger partial charge >= 0.3 is 6.03 Å². The first-order valence-corrected chi connectivity index (χ1v) is 10.6. The summed E-state index contributed by atoms with van der Waals surface area (Å²) >= 11 is 0. The van der Waals surface area contributed by atoms with E-state index < -0.39 is 11.6 Å². The minimum absolute atomic E-state index is 0.0794. The Kier molecular flexibility index (Phi) is 6.15. The van der Waals surface area contributed by atoms with Gasteiger partial charge < -0.3 is 15.5 Å². The third-order valence-electron chi connectivity index (χ3n) is 6.25. The summed E-state index contributed by atoms with van der Waals surface area (Å²) in [6.45, 7) is 9.01. The number of nitrogens with zero attached hydrogens (tertiary/aromatic N) is 2. The van der Waals surface area contributed by atoms with Crippen molar-refractivity contribution in [2.24, 2.45) is 5.92 Å². The molecule has 7 heteroatoms. The zero-order valence-electron chi connectivity index (χ0n) is 17.8. The van der Waals surface area contributed by atoms with Gasteiger partial charge in [0.05, 0.1) is 0 Å². The Morgan fingerprint density at radius 2 is 1.97 bits per heavy atom. The van der Waals surface area contributed by atoms with Crippen LogP contribution in [0.5, 0.6) is 0 Å². The molecule has 1 aliphatic carbocycles. The van der Waals surface area contributed by atoms with Crippen LogP contribution in [0, 0.1) is 5.92 Å². The normalized spacial score (nSPS) is 24.2. The van der Waals surface area contributed by atoms with E-state index in [0.29, 0.717) is 18.2 Å². The van der Waals surface area contributed by atoms with Crippen molar-refractivity contribution in [3.8, 4) is 0 Å². The lowest BCUT2D eigenvalue weighted by atomic mass is 9.73. The molecule has 2 unspecified atom stereocenters. The molecule has 2 aliphatic rings. The van der Waals surface area contributed by atoms with E-state index in [1.165, 1.54) is 0 Å². The molecule has 2 atom stereocenters. The predicted molar refractivity (Wildman–Crippen MR) is 114 cm³/mol. The van der Waals surface area contributed by atoms with E-state index in [4.69, 9.17) is 0 Å². The molecule has 1 aromatic rings. The van der Waals surface area contributed by atoms with Gasteiger partial charge in [-0.3, -0.25) is 14.5 Å². The van der Waals surface area contributed by atoms with Gasteiger partial charge in [-0.1, -0.05) is 19.8 Å². The molecular weight excluding hydrogens is 368 g/mol. The first-order chi connectivity index (χ1) is 13.8. The Balaban J connectivity index is 1.63. The summed E-state index contributed by atoms with van der Waals surface area (Å²) in [4.78, 5) is 41.2. The molecule has 158 valence electrons. The van der Waals surface area contributed by atoms with E-state index in [1.807, 2.05) is 31.2 Å². The number of benzene rings is 1. The molecule has 1 spiro atoms. The smallest absolute Gasteiger partial charge is 0.325 e. The van der Waals surface area contributed by atoms with Crippen LogP contribution >= 0.6 is 0 Å². The SMILES string of the molecule is CCN(c1ccc(NC(=O)CN2C(=O)NC3(CCCCC3C)C2=O)cc1)C(C)C. The zero-order valence-corrected chi connectivity index (χ0v) is 17.8. The number of hydrogen-bond acceptors (Lipinski definition) is 4. The van der Waals surface area contributed by atoms with E-state index in [0.717, 1.165) is 36.4 Å². The molecule has 0 aromatic heterocycles. The van der Waals surface area contributed by atoms with Crippen molar-refractivity contribution in [1.82, 2.24) is 10.2 Å². The van der Waals surface area contributed by atoms with Gasteiger partial charge in [-0.05, 0) is 63.8 Å². The standard InChI is InChI=1S/C22H32N4O3/c1-5-25(15(2)3)18-11-9-17(10-12-18)23-19(27)14-26-20(28)22(24-21(26)29)13-7-6-8-16(22)4/h9-12,15-16H,5-8,13-14H2,1-4H3,(H,23,27)(H,24,29). The predicted octanol–water partition coefficient (Wildman–Crippen LogP) is 3.36. The van der Waals surface area contributed by atoms with Gasteiger partial charge in [0.1, 0.15) is 12.1 Å². The highest BCUT2D eigenvalue weighted by atomic mass is 16.2. The van der Waals surface area contributed by atoms with Crippen molar-refractivity contribution in [3.05, 3.63) is 24.3 Å². The molecule has 2 N–H and O–H groups in total. The Morgan fingerprint density at radius 1 is 1.28 bits per heavy atom.